The summed E-state index contributed by atoms with van der Waals surface area (Å²) in [5, 5.41) is 12.3. The molecule has 1 aliphatic rings. The van der Waals surface area contributed by atoms with Gasteiger partial charge in [-0.05, 0) is 31.8 Å². The lowest BCUT2D eigenvalue weighted by atomic mass is 10.1. The quantitative estimate of drug-likeness (QED) is 0.847. The molecule has 6 nitrogen and oxygen atoms in total. The molecule has 0 aliphatic carbocycles. The summed E-state index contributed by atoms with van der Waals surface area (Å²) in [5.41, 5.74) is 1.68. The minimum absolute atomic E-state index is 0.101. The number of hydrogen-bond acceptors (Lipinski definition) is 4. The van der Waals surface area contributed by atoms with Crippen LogP contribution >= 0.6 is 0 Å². The number of carbonyl (C=O) groups excluding carboxylic acids is 1. The monoisotopic (exact) mass is 305 g/mol. The topological polar surface area (TPSA) is 72.9 Å². The summed E-state index contributed by atoms with van der Waals surface area (Å²) in [7, 11) is 3.96. The van der Waals surface area contributed by atoms with Crippen molar-refractivity contribution in [3.8, 4) is 0 Å². The molecule has 1 aromatic rings. The second-order valence-corrected chi connectivity index (χ2v) is 5.93. The number of carboxylic acid groups (broad SMARTS) is 1. The summed E-state index contributed by atoms with van der Waals surface area (Å²) in [5.74, 6) is -1.53. The number of nitrogens with zero attached hydrogens (tertiary/aromatic N) is 2. The molecule has 1 amide bonds. The lowest BCUT2D eigenvalue weighted by Gasteiger charge is -2.22. The standard InChI is InChI=1S/C16H23N3O3/c1-18(2)10-12-4-3-5-13(8-12)15(20)19-7-6-17-9-14(11-19)16(21)22/h3-5,8,14,17H,6-7,9-11H2,1-2H3,(H,21,22)/t14-/m0/s1. The van der Waals surface area contributed by atoms with Gasteiger partial charge in [0.1, 0.15) is 0 Å². The molecule has 2 N–H and O–H groups in total. The third-order valence-corrected chi connectivity index (χ3v) is 3.70. The highest BCUT2D eigenvalue weighted by atomic mass is 16.4. The average molecular weight is 305 g/mol. The Morgan fingerprint density at radius 2 is 2.18 bits per heavy atom. The Morgan fingerprint density at radius 3 is 2.86 bits per heavy atom. The Kier molecular flexibility index (Phi) is 5.51. The van der Waals surface area contributed by atoms with E-state index >= 15 is 0 Å². The van der Waals surface area contributed by atoms with Gasteiger partial charge in [0.25, 0.3) is 5.91 Å². The van der Waals surface area contributed by atoms with Crippen molar-refractivity contribution in [2.45, 2.75) is 6.54 Å². The Bertz CT molecular complexity index is 545. The number of nitrogens with one attached hydrogen (secondary N) is 1. The van der Waals surface area contributed by atoms with Gasteiger partial charge in [-0.2, -0.15) is 0 Å². The number of carbonyl (C=O) groups is 2. The summed E-state index contributed by atoms with van der Waals surface area (Å²) in [6, 6.07) is 7.53. The van der Waals surface area contributed by atoms with Crippen molar-refractivity contribution in [3.05, 3.63) is 35.4 Å². The van der Waals surface area contributed by atoms with Gasteiger partial charge in [-0.25, -0.2) is 0 Å². The van der Waals surface area contributed by atoms with E-state index in [4.69, 9.17) is 0 Å². The van der Waals surface area contributed by atoms with E-state index in [2.05, 4.69) is 5.32 Å². The third kappa shape index (κ3) is 4.29. The number of hydrogen-bond donors (Lipinski definition) is 2. The van der Waals surface area contributed by atoms with Crippen LogP contribution in [0.5, 0.6) is 0 Å². The molecule has 0 saturated carbocycles. The van der Waals surface area contributed by atoms with Crippen LogP contribution in [0.3, 0.4) is 0 Å². The van der Waals surface area contributed by atoms with Crippen LogP contribution in [0.25, 0.3) is 0 Å². The summed E-state index contributed by atoms with van der Waals surface area (Å²) in [4.78, 5) is 27.5. The third-order valence-electron chi connectivity index (χ3n) is 3.70. The van der Waals surface area contributed by atoms with Crippen LogP contribution in [0.1, 0.15) is 15.9 Å². The fourth-order valence-electron chi connectivity index (χ4n) is 2.61. The molecule has 1 aromatic carbocycles. The SMILES string of the molecule is CN(C)Cc1cccc(C(=O)N2CCNC[C@H](C(=O)O)C2)c1. The largest absolute Gasteiger partial charge is 0.481 e. The Labute approximate surface area is 130 Å². The molecule has 0 bridgehead atoms. The van der Waals surface area contributed by atoms with Gasteiger partial charge in [0.15, 0.2) is 0 Å². The Morgan fingerprint density at radius 1 is 1.41 bits per heavy atom. The first kappa shape index (κ1) is 16.5. The molecule has 22 heavy (non-hydrogen) atoms. The van der Waals surface area contributed by atoms with Gasteiger partial charge in [0, 0.05) is 38.3 Å². The molecule has 0 spiro atoms. The minimum atomic E-state index is -0.867. The highest BCUT2D eigenvalue weighted by molar-refractivity contribution is 5.94. The van der Waals surface area contributed by atoms with E-state index in [1.807, 2.05) is 37.2 Å². The fraction of sp³-hybridized carbons (Fsp3) is 0.500. The van der Waals surface area contributed by atoms with Crippen LogP contribution in [0.4, 0.5) is 0 Å². The van der Waals surface area contributed by atoms with Crippen LogP contribution < -0.4 is 5.32 Å². The molecular weight excluding hydrogens is 282 g/mol. The molecular formula is C16H23N3O3. The van der Waals surface area contributed by atoms with Crippen molar-refractivity contribution in [1.82, 2.24) is 15.1 Å². The number of amides is 1. The van der Waals surface area contributed by atoms with E-state index in [0.29, 0.717) is 25.2 Å². The maximum absolute atomic E-state index is 12.7. The number of carboxylic acids is 1. The molecule has 6 heteroatoms. The van der Waals surface area contributed by atoms with Crippen LogP contribution in [-0.4, -0.2) is 67.1 Å². The van der Waals surface area contributed by atoms with Gasteiger partial charge in [0.05, 0.1) is 5.92 Å². The van der Waals surface area contributed by atoms with Crippen LogP contribution in [-0.2, 0) is 11.3 Å². The normalized spacial score (nSPS) is 19.0. The summed E-state index contributed by atoms with van der Waals surface area (Å²) >= 11 is 0. The molecule has 1 heterocycles. The molecule has 1 fully saturated rings. The smallest absolute Gasteiger partial charge is 0.309 e. The lowest BCUT2D eigenvalue weighted by Crippen LogP contribution is -2.38. The Hall–Kier alpha value is -1.92. The van der Waals surface area contributed by atoms with Crippen LogP contribution in [0.2, 0.25) is 0 Å². The van der Waals surface area contributed by atoms with Gasteiger partial charge in [-0.15, -0.1) is 0 Å². The van der Waals surface area contributed by atoms with E-state index in [-0.39, 0.29) is 12.5 Å². The van der Waals surface area contributed by atoms with Crippen molar-refractivity contribution >= 4 is 11.9 Å². The van der Waals surface area contributed by atoms with E-state index in [1.54, 1.807) is 11.0 Å². The van der Waals surface area contributed by atoms with Gasteiger partial charge in [-0.1, -0.05) is 12.1 Å². The summed E-state index contributed by atoms with van der Waals surface area (Å²) in [6.45, 7) is 2.56. The zero-order valence-corrected chi connectivity index (χ0v) is 13.1. The van der Waals surface area contributed by atoms with Crippen molar-refractivity contribution in [2.75, 3.05) is 40.3 Å². The van der Waals surface area contributed by atoms with Gasteiger partial charge in [-0.3, -0.25) is 9.59 Å². The minimum Gasteiger partial charge on any atom is -0.481 e. The average Bonchev–Trinajstić information content (AvgIpc) is 2.72. The maximum atomic E-state index is 12.7. The second kappa shape index (κ2) is 7.38. The van der Waals surface area contributed by atoms with Crippen molar-refractivity contribution < 1.29 is 14.7 Å². The van der Waals surface area contributed by atoms with Crippen LogP contribution in [0, 0.1) is 5.92 Å². The molecule has 0 radical (unpaired) electrons. The zero-order valence-electron chi connectivity index (χ0n) is 13.1. The molecule has 1 aliphatic heterocycles. The van der Waals surface area contributed by atoms with Crippen molar-refractivity contribution in [1.29, 1.82) is 0 Å². The number of rotatable bonds is 4. The predicted molar refractivity (Wildman–Crippen MR) is 83.7 cm³/mol. The van der Waals surface area contributed by atoms with Crippen LogP contribution in [0.15, 0.2) is 24.3 Å². The van der Waals surface area contributed by atoms with Crippen molar-refractivity contribution in [3.63, 3.8) is 0 Å². The fourth-order valence-corrected chi connectivity index (χ4v) is 2.61. The van der Waals surface area contributed by atoms with E-state index < -0.39 is 11.9 Å². The van der Waals surface area contributed by atoms with Gasteiger partial charge < -0.3 is 20.2 Å². The highest BCUT2D eigenvalue weighted by Crippen LogP contribution is 2.13. The maximum Gasteiger partial charge on any atom is 0.309 e. The van der Waals surface area contributed by atoms with Gasteiger partial charge >= 0.3 is 5.97 Å². The molecule has 1 saturated heterocycles. The van der Waals surface area contributed by atoms with Gasteiger partial charge in [0.2, 0.25) is 0 Å². The van der Waals surface area contributed by atoms with E-state index in [9.17, 15) is 14.7 Å². The molecule has 0 aromatic heterocycles. The van der Waals surface area contributed by atoms with Crippen molar-refractivity contribution in [2.24, 2.45) is 5.92 Å². The van der Waals surface area contributed by atoms with E-state index in [0.717, 1.165) is 12.1 Å². The first-order valence-corrected chi connectivity index (χ1v) is 7.44. The second-order valence-electron chi connectivity index (χ2n) is 5.93. The lowest BCUT2D eigenvalue weighted by molar-refractivity contribution is -0.141. The zero-order chi connectivity index (χ0) is 16.1. The predicted octanol–water partition coefficient (Wildman–Crippen LogP) is 0.494. The first-order valence-electron chi connectivity index (χ1n) is 7.44. The number of benzene rings is 1. The summed E-state index contributed by atoms with van der Waals surface area (Å²) in [6.07, 6.45) is 0. The molecule has 120 valence electrons. The molecule has 1 atom stereocenters. The molecule has 2 rings (SSSR count). The first-order chi connectivity index (χ1) is 10.5. The molecule has 0 unspecified atom stereocenters. The van der Waals surface area contributed by atoms with E-state index in [1.165, 1.54) is 0 Å². The number of aliphatic carboxylic acids is 1. The highest BCUT2D eigenvalue weighted by Gasteiger charge is 2.27. The summed E-state index contributed by atoms with van der Waals surface area (Å²) < 4.78 is 0. The Balaban J connectivity index is 2.14.